The zero-order valence-corrected chi connectivity index (χ0v) is 11.1. The summed E-state index contributed by atoms with van der Waals surface area (Å²) in [5, 5.41) is 2.68. The van der Waals surface area contributed by atoms with Crippen molar-refractivity contribution in [2.75, 3.05) is 45.8 Å². The van der Waals surface area contributed by atoms with Gasteiger partial charge in [0.25, 0.3) is 0 Å². The molecule has 0 fully saturated rings. The van der Waals surface area contributed by atoms with E-state index in [0.717, 1.165) is 0 Å². The van der Waals surface area contributed by atoms with Crippen LogP contribution in [0.25, 0.3) is 0 Å². The molecule has 0 aliphatic carbocycles. The Balaban J connectivity index is 2.07. The molecule has 0 saturated carbocycles. The van der Waals surface area contributed by atoms with Crippen molar-refractivity contribution in [2.24, 2.45) is 0 Å². The summed E-state index contributed by atoms with van der Waals surface area (Å²) in [6.45, 7) is 1.67. The van der Waals surface area contributed by atoms with Crippen LogP contribution < -0.4 is 15.8 Å². The van der Waals surface area contributed by atoms with Crippen LogP contribution in [0.15, 0.2) is 24.3 Å². The number of hydrogen-bond acceptors (Lipinski definition) is 5. The van der Waals surface area contributed by atoms with E-state index in [1.54, 1.807) is 19.2 Å². The van der Waals surface area contributed by atoms with Crippen LogP contribution in [0.4, 0.5) is 5.69 Å². The minimum absolute atomic E-state index is 0.0246. The molecule has 0 bridgehead atoms. The van der Waals surface area contributed by atoms with E-state index < -0.39 is 0 Å². The third-order valence-corrected chi connectivity index (χ3v) is 2.27. The van der Waals surface area contributed by atoms with E-state index in [4.69, 9.17) is 19.9 Å². The predicted molar refractivity (Wildman–Crippen MR) is 72.1 cm³/mol. The average molecular weight is 268 g/mol. The molecule has 0 atom stereocenters. The molecule has 0 saturated heterocycles. The van der Waals surface area contributed by atoms with E-state index in [1.807, 2.05) is 12.1 Å². The standard InChI is InChI=1S/C13H20N2O4/c1-17-8-9-18-10-13(16)15-6-7-19-12-5-3-2-4-11(12)14/h2-5H,6-10,14H2,1H3,(H,15,16). The van der Waals surface area contributed by atoms with Gasteiger partial charge in [0, 0.05) is 7.11 Å². The summed E-state index contributed by atoms with van der Waals surface area (Å²) in [6, 6.07) is 7.22. The van der Waals surface area contributed by atoms with Gasteiger partial charge in [0.1, 0.15) is 19.0 Å². The molecule has 1 aromatic carbocycles. The normalized spacial score (nSPS) is 10.2. The van der Waals surface area contributed by atoms with E-state index in [2.05, 4.69) is 5.32 Å². The van der Waals surface area contributed by atoms with Crippen LogP contribution in [0, 0.1) is 0 Å². The molecule has 1 aromatic rings. The van der Waals surface area contributed by atoms with Crippen LogP contribution in [-0.4, -0.2) is 46.0 Å². The number of carbonyl (C=O) groups is 1. The first-order valence-electron chi connectivity index (χ1n) is 6.04. The highest BCUT2D eigenvalue weighted by Crippen LogP contribution is 2.19. The summed E-state index contributed by atoms with van der Waals surface area (Å²) in [7, 11) is 1.58. The molecule has 6 heteroatoms. The quantitative estimate of drug-likeness (QED) is 0.501. The molecule has 1 rings (SSSR count). The highest BCUT2D eigenvalue weighted by atomic mass is 16.5. The topological polar surface area (TPSA) is 82.8 Å². The fourth-order valence-electron chi connectivity index (χ4n) is 1.32. The Kier molecular flexibility index (Phi) is 7.38. The van der Waals surface area contributed by atoms with E-state index in [-0.39, 0.29) is 12.5 Å². The van der Waals surface area contributed by atoms with Crippen molar-refractivity contribution < 1.29 is 19.0 Å². The number of anilines is 1. The molecule has 0 spiro atoms. The lowest BCUT2D eigenvalue weighted by Crippen LogP contribution is -2.31. The van der Waals surface area contributed by atoms with Gasteiger partial charge in [0.2, 0.25) is 5.91 Å². The Bertz CT molecular complexity index is 385. The van der Waals surface area contributed by atoms with Crippen LogP contribution in [0.2, 0.25) is 0 Å². The van der Waals surface area contributed by atoms with Gasteiger partial charge in [-0.05, 0) is 12.1 Å². The number of rotatable bonds is 9. The zero-order chi connectivity index (χ0) is 13.9. The predicted octanol–water partition coefficient (Wildman–Crippen LogP) is 0.427. The summed E-state index contributed by atoms with van der Waals surface area (Å²) < 4.78 is 15.3. The Hall–Kier alpha value is -1.79. The zero-order valence-electron chi connectivity index (χ0n) is 11.1. The minimum Gasteiger partial charge on any atom is -0.490 e. The lowest BCUT2D eigenvalue weighted by Gasteiger charge is -2.09. The summed E-state index contributed by atoms with van der Waals surface area (Å²) in [5.74, 6) is 0.439. The van der Waals surface area contributed by atoms with E-state index >= 15 is 0 Å². The van der Waals surface area contributed by atoms with Crippen LogP contribution in [-0.2, 0) is 14.3 Å². The van der Waals surface area contributed by atoms with Crippen LogP contribution in [0.3, 0.4) is 0 Å². The number of ether oxygens (including phenoxy) is 3. The Morgan fingerprint density at radius 3 is 2.79 bits per heavy atom. The first kappa shape index (κ1) is 15.3. The van der Waals surface area contributed by atoms with Crippen LogP contribution in [0.1, 0.15) is 0 Å². The molecule has 0 heterocycles. The van der Waals surface area contributed by atoms with Crippen molar-refractivity contribution >= 4 is 11.6 Å². The van der Waals surface area contributed by atoms with Gasteiger partial charge in [0.05, 0.1) is 25.4 Å². The first-order valence-corrected chi connectivity index (χ1v) is 6.04. The molecule has 0 aliphatic rings. The Morgan fingerprint density at radius 1 is 1.26 bits per heavy atom. The number of nitrogen functional groups attached to an aromatic ring is 1. The number of para-hydroxylation sites is 2. The second-order valence-electron chi connectivity index (χ2n) is 3.78. The number of amides is 1. The molecule has 0 aromatic heterocycles. The lowest BCUT2D eigenvalue weighted by molar-refractivity contribution is -0.126. The smallest absolute Gasteiger partial charge is 0.246 e. The van der Waals surface area contributed by atoms with Crippen molar-refractivity contribution in [1.29, 1.82) is 0 Å². The third-order valence-electron chi connectivity index (χ3n) is 2.27. The molecular formula is C13H20N2O4. The number of hydrogen-bond donors (Lipinski definition) is 2. The molecule has 19 heavy (non-hydrogen) atoms. The fraction of sp³-hybridized carbons (Fsp3) is 0.462. The van der Waals surface area contributed by atoms with Crippen molar-refractivity contribution in [3.05, 3.63) is 24.3 Å². The minimum atomic E-state index is -0.180. The lowest BCUT2D eigenvalue weighted by atomic mass is 10.3. The molecule has 1 amide bonds. The number of nitrogens with two attached hydrogens (primary N) is 1. The van der Waals surface area contributed by atoms with Crippen molar-refractivity contribution in [2.45, 2.75) is 0 Å². The monoisotopic (exact) mass is 268 g/mol. The molecule has 0 aliphatic heterocycles. The third kappa shape index (κ3) is 6.64. The number of methoxy groups -OCH3 is 1. The summed E-state index contributed by atoms with van der Waals surface area (Å²) in [4.78, 5) is 11.3. The van der Waals surface area contributed by atoms with Gasteiger partial charge in [-0.15, -0.1) is 0 Å². The SMILES string of the molecule is COCCOCC(=O)NCCOc1ccccc1N. The maximum absolute atomic E-state index is 11.3. The Morgan fingerprint density at radius 2 is 2.05 bits per heavy atom. The molecule has 106 valence electrons. The molecule has 3 N–H and O–H groups in total. The molecule has 0 unspecified atom stereocenters. The number of nitrogens with one attached hydrogen (secondary N) is 1. The number of benzene rings is 1. The van der Waals surface area contributed by atoms with Gasteiger partial charge in [-0.3, -0.25) is 4.79 Å². The van der Waals surface area contributed by atoms with Crippen molar-refractivity contribution in [1.82, 2.24) is 5.32 Å². The molecular weight excluding hydrogens is 248 g/mol. The summed E-state index contributed by atoms with van der Waals surface area (Å²) in [6.07, 6.45) is 0. The van der Waals surface area contributed by atoms with E-state index in [0.29, 0.717) is 37.8 Å². The second kappa shape index (κ2) is 9.18. The Labute approximate surface area is 112 Å². The van der Waals surface area contributed by atoms with E-state index in [9.17, 15) is 4.79 Å². The molecule has 6 nitrogen and oxygen atoms in total. The first-order chi connectivity index (χ1) is 9.24. The highest BCUT2D eigenvalue weighted by Gasteiger charge is 2.01. The maximum atomic E-state index is 11.3. The van der Waals surface area contributed by atoms with Crippen LogP contribution >= 0.6 is 0 Å². The largest absolute Gasteiger partial charge is 0.490 e. The van der Waals surface area contributed by atoms with Crippen LogP contribution in [0.5, 0.6) is 5.75 Å². The van der Waals surface area contributed by atoms with Gasteiger partial charge >= 0.3 is 0 Å². The van der Waals surface area contributed by atoms with Crippen molar-refractivity contribution in [3.63, 3.8) is 0 Å². The second-order valence-corrected chi connectivity index (χ2v) is 3.78. The molecule has 0 radical (unpaired) electrons. The average Bonchev–Trinajstić information content (AvgIpc) is 2.41. The summed E-state index contributed by atoms with van der Waals surface area (Å²) in [5.41, 5.74) is 6.29. The van der Waals surface area contributed by atoms with Gasteiger partial charge in [-0.1, -0.05) is 12.1 Å². The maximum Gasteiger partial charge on any atom is 0.246 e. The van der Waals surface area contributed by atoms with Gasteiger partial charge < -0.3 is 25.3 Å². The van der Waals surface area contributed by atoms with Gasteiger partial charge in [-0.25, -0.2) is 0 Å². The van der Waals surface area contributed by atoms with Gasteiger partial charge in [-0.2, -0.15) is 0 Å². The van der Waals surface area contributed by atoms with Crippen molar-refractivity contribution in [3.8, 4) is 5.75 Å². The van der Waals surface area contributed by atoms with Gasteiger partial charge in [0.15, 0.2) is 0 Å². The van der Waals surface area contributed by atoms with E-state index in [1.165, 1.54) is 0 Å². The summed E-state index contributed by atoms with van der Waals surface area (Å²) >= 11 is 0. The number of carbonyl (C=O) groups excluding carboxylic acids is 1. The fourth-order valence-corrected chi connectivity index (χ4v) is 1.32. The highest BCUT2D eigenvalue weighted by molar-refractivity contribution is 5.77.